The first kappa shape index (κ1) is 16.6. The van der Waals surface area contributed by atoms with Crippen LogP contribution in [-0.4, -0.2) is 29.4 Å². The van der Waals surface area contributed by atoms with Crippen molar-refractivity contribution in [2.24, 2.45) is 0 Å². The number of carbonyl (C=O) groups is 1. The van der Waals surface area contributed by atoms with Crippen molar-refractivity contribution in [3.05, 3.63) is 24.3 Å². The highest BCUT2D eigenvalue weighted by Gasteiger charge is 2.24. The number of hydrogen-bond acceptors (Lipinski definition) is 3. The highest BCUT2D eigenvalue weighted by atomic mass is 16.5. The van der Waals surface area contributed by atoms with E-state index in [1.165, 1.54) is 0 Å². The van der Waals surface area contributed by atoms with Gasteiger partial charge in [-0.2, -0.15) is 0 Å². The lowest BCUT2D eigenvalue weighted by Crippen LogP contribution is -2.46. The molecule has 5 heteroatoms. The Morgan fingerprint density at radius 2 is 2.00 bits per heavy atom. The lowest BCUT2D eigenvalue weighted by atomic mass is 9.93. The van der Waals surface area contributed by atoms with E-state index >= 15 is 0 Å². The van der Waals surface area contributed by atoms with E-state index < -0.39 is 6.10 Å². The van der Waals surface area contributed by atoms with Crippen molar-refractivity contribution in [3.63, 3.8) is 0 Å². The van der Waals surface area contributed by atoms with Gasteiger partial charge >= 0.3 is 6.03 Å². The van der Waals surface area contributed by atoms with E-state index in [4.69, 9.17) is 4.74 Å². The van der Waals surface area contributed by atoms with Gasteiger partial charge < -0.3 is 20.5 Å². The minimum Gasteiger partial charge on any atom is -0.491 e. The normalized spacial score (nSPS) is 22.7. The number of carbonyl (C=O) groups excluding carboxylic acids is 1. The van der Waals surface area contributed by atoms with Crippen LogP contribution >= 0.6 is 0 Å². The van der Waals surface area contributed by atoms with Gasteiger partial charge in [0.2, 0.25) is 0 Å². The first-order chi connectivity index (χ1) is 10.6. The molecule has 22 heavy (non-hydrogen) atoms. The fourth-order valence-corrected chi connectivity index (χ4v) is 2.55. The van der Waals surface area contributed by atoms with E-state index in [2.05, 4.69) is 17.6 Å². The molecule has 0 aromatic heterocycles. The van der Waals surface area contributed by atoms with Crippen LogP contribution < -0.4 is 15.4 Å². The number of benzene rings is 1. The van der Waals surface area contributed by atoms with Gasteiger partial charge in [0.15, 0.2) is 0 Å². The number of anilines is 1. The maximum atomic E-state index is 12.0. The summed E-state index contributed by atoms with van der Waals surface area (Å²) in [7, 11) is 0. The van der Waals surface area contributed by atoms with Crippen LogP contribution in [0.25, 0.3) is 0 Å². The van der Waals surface area contributed by atoms with Crippen molar-refractivity contribution in [3.8, 4) is 5.75 Å². The Bertz CT molecular complexity index is 475. The Kier molecular flexibility index (Phi) is 6.07. The summed E-state index contributed by atoms with van der Waals surface area (Å²) in [5.41, 5.74) is 0.708. The number of amides is 2. The predicted molar refractivity (Wildman–Crippen MR) is 87.2 cm³/mol. The Morgan fingerprint density at radius 1 is 1.32 bits per heavy atom. The van der Waals surface area contributed by atoms with Gasteiger partial charge in [-0.15, -0.1) is 0 Å². The van der Waals surface area contributed by atoms with E-state index in [-0.39, 0.29) is 18.2 Å². The van der Waals surface area contributed by atoms with Gasteiger partial charge in [0.1, 0.15) is 5.75 Å². The van der Waals surface area contributed by atoms with Crippen molar-refractivity contribution in [2.75, 3.05) is 5.32 Å². The smallest absolute Gasteiger partial charge is 0.319 e. The number of urea groups is 1. The maximum Gasteiger partial charge on any atom is 0.319 e. The largest absolute Gasteiger partial charge is 0.491 e. The summed E-state index contributed by atoms with van der Waals surface area (Å²) in [6.07, 6.45) is 4.35. The number of rotatable bonds is 5. The fraction of sp³-hybridized carbons (Fsp3) is 0.588. The third-order valence-electron chi connectivity index (χ3n) is 4.07. The molecular weight excluding hydrogens is 280 g/mol. The summed E-state index contributed by atoms with van der Waals surface area (Å²) in [6, 6.07) is 6.89. The van der Waals surface area contributed by atoms with Gasteiger partial charge in [-0.3, -0.25) is 0 Å². The molecule has 1 aliphatic carbocycles. The second-order valence-electron chi connectivity index (χ2n) is 5.92. The first-order valence-corrected chi connectivity index (χ1v) is 8.10. The van der Waals surface area contributed by atoms with Crippen LogP contribution in [0.3, 0.4) is 0 Å². The zero-order valence-electron chi connectivity index (χ0n) is 13.3. The van der Waals surface area contributed by atoms with E-state index in [9.17, 15) is 9.90 Å². The molecule has 0 radical (unpaired) electrons. The Balaban J connectivity index is 1.83. The Hall–Kier alpha value is -1.75. The lowest BCUT2D eigenvalue weighted by Gasteiger charge is -2.28. The van der Waals surface area contributed by atoms with Gasteiger partial charge in [0, 0.05) is 5.69 Å². The van der Waals surface area contributed by atoms with Crippen LogP contribution in [0.1, 0.15) is 46.0 Å². The summed E-state index contributed by atoms with van der Waals surface area (Å²) in [5.74, 6) is 0.794. The van der Waals surface area contributed by atoms with Gasteiger partial charge in [-0.25, -0.2) is 4.79 Å². The topological polar surface area (TPSA) is 70.6 Å². The van der Waals surface area contributed by atoms with Crippen LogP contribution in [0.2, 0.25) is 0 Å². The van der Waals surface area contributed by atoms with Crippen molar-refractivity contribution in [1.29, 1.82) is 0 Å². The number of ether oxygens (including phenoxy) is 1. The van der Waals surface area contributed by atoms with Crippen LogP contribution in [0.15, 0.2) is 24.3 Å². The van der Waals surface area contributed by atoms with Crippen molar-refractivity contribution < 1.29 is 14.6 Å². The summed E-state index contributed by atoms with van der Waals surface area (Å²) >= 11 is 0. The molecule has 2 rings (SSSR count). The second-order valence-corrected chi connectivity index (χ2v) is 5.92. The molecule has 3 N–H and O–H groups in total. The monoisotopic (exact) mass is 306 g/mol. The fourth-order valence-electron chi connectivity index (χ4n) is 2.55. The molecule has 1 aliphatic rings. The summed E-state index contributed by atoms with van der Waals surface area (Å²) in [6.45, 7) is 4.10. The van der Waals surface area contributed by atoms with Gasteiger partial charge in [0.25, 0.3) is 0 Å². The zero-order valence-corrected chi connectivity index (χ0v) is 13.3. The van der Waals surface area contributed by atoms with Gasteiger partial charge in [0.05, 0.1) is 18.2 Å². The average Bonchev–Trinajstić information content (AvgIpc) is 2.51. The van der Waals surface area contributed by atoms with Crippen molar-refractivity contribution in [1.82, 2.24) is 5.32 Å². The third kappa shape index (κ3) is 4.91. The summed E-state index contributed by atoms with van der Waals surface area (Å²) in [4.78, 5) is 12.0. The van der Waals surface area contributed by atoms with E-state index in [1.54, 1.807) is 0 Å². The zero-order chi connectivity index (χ0) is 15.9. The SMILES string of the molecule is CCC(C)Oc1ccc(NC(=O)NC2CCCCC2O)cc1. The van der Waals surface area contributed by atoms with Crippen molar-refractivity contribution >= 4 is 11.7 Å². The molecular formula is C17H26N2O3. The van der Waals surface area contributed by atoms with E-state index in [1.807, 2.05) is 31.2 Å². The lowest BCUT2D eigenvalue weighted by molar-refractivity contribution is 0.0955. The first-order valence-electron chi connectivity index (χ1n) is 8.10. The molecule has 1 fully saturated rings. The number of hydrogen-bond donors (Lipinski definition) is 3. The van der Waals surface area contributed by atoms with Crippen LogP contribution in [-0.2, 0) is 0 Å². The van der Waals surface area contributed by atoms with Gasteiger partial charge in [-0.05, 0) is 50.5 Å². The standard InChI is InChI=1S/C17H26N2O3/c1-3-12(2)22-14-10-8-13(9-11-14)18-17(21)19-15-6-4-5-7-16(15)20/h8-12,15-16,20H,3-7H2,1-2H3,(H2,18,19,21). The highest BCUT2D eigenvalue weighted by Crippen LogP contribution is 2.20. The molecule has 3 unspecified atom stereocenters. The Morgan fingerprint density at radius 3 is 2.64 bits per heavy atom. The third-order valence-corrected chi connectivity index (χ3v) is 4.07. The maximum absolute atomic E-state index is 12.0. The Labute approximate surface area is 132 Å². The summed E-state index contributed by atoms with van der Waals surface area (Å²) < 4.78 is 5.70. The molecule has 0 spiro atoms. The highest BCUT2D eigenvalue weighted by molar-refractivity contribution is 5.89. The van der Waals surface area contributed by atoms with Crippen LogP contribution in [0, 0.1) is 0 Å². The predicted octanol–water partition coefficient (Wildman–Crippen LogP) is 3.29. The van der Waals surface area contributed by atoms with Gasteiger partial charge in [-0.1, -0.05) is 19.8 Å². The molecule has 0 bridgehead atoms. The molecule has 3 atom stereocenters. The molecule has 122 valence electrons. The minimum atomic E-state index is -0.439. The molecule has 1 aromatic rings. The average molecular weight is 306 g/mol. The molecule has 1 aromatic carbocycles. The summed E-state index contributed by atoms with van der Waals surface area (Å²) in [5, 5.41) is 15.5. The van der Waals surface area contributed by atoms with E-state index in [0.717, 1.165) is 37.9 Å². The molecule has 0 saturated heterocycles. The molecule has 0 heterocycles. The quantitative estimate of drug-likeness (QED) is 0.781. The van der Waals surface area contributed by atoms with Crippen LogP contribution in [0.5, 0.6) is 5.75 Å². The molecule has 5 nitrogen and oxygen atoms in total. The number of nitrogens with one attached hydrogen (secondary N) is 2. The number of aliphatic hydroxyl groups is 1. The molecule has 2 amide bonds. The molecule has 0 aliphatic heterocycles. The van der Waals surface area contributed by atoms with E-state index in [0.29, 0.717) is 5.69 Å². The second kappa shape index (κ2) is 8.03. The van der Waals surface area contributed by atoms with Crippen LogP contribution in [0.4, 0.5) is 10.5 Å². The molecule has 1 saturated carbocycles. The van der Waals surface area contributed by atoms with Crippen molar-refractivity contribution in [2.45, 2.75) is 64.2 Å². The minimum absolute atomic E-state index is 0.151. The number of aliphatic hydroxyl groups excluding tert-OH is 1.